The van der Waals surface area contributed by atoms with Gasteiger partial charge >= 0.3 is 0 Å². The Morgan fingerprint density at radius 2 is 1.74 bits per heavy atom. The van der Waals surface area contributed by atoms with E-state index in [0.717, 1.165) is 5.56 Å². The summed E-state index contributed by atoms with van der Waals surface area (Å²) in [7, 11) is 0. The van der Waals surface area contributed by atoms with Gasteiger partial charge in [-0.1, -0.05) is 6.07 Å². The molecule has 0 radical (unpaired) electrons. The van der Waals surface area contributed by atoms with Crippen molar-refractivity contribution in [2.45, 2.75) is 44.0 Å². The number of ether oxygens (including phenoxy) is 2. The van der Waals surface area contributed by atoms with Crippen LogP contribution in [-0.2, 0) is 15.1 Å². The van der Waals surface area contributed by atoms with Crippen LogP contribution in [0.15, 0.2) is 18.2 Å². The number of rotatable bonds is 1. The molecule has 0 atom stereocenters. The molecule has 4 heteroatoms. The Morgan fingerprint density at radius 1 is 1.11 bits per heavy atom. The zero-order valence-electron chi connectivity index (χ0n) is 11.1. The van der Waals surface area contributed by atoms with Gasteiger partial charge < -0.3 is 14.6 Å². The van der Waals surface area contributed by atoms with Crippen LogP contribution in [0.25, 0.3) is 0 Å². The minimum atomic E-state index is -0.966. The summed E-state index contributed by atoms with van der Waals surface area (Å²) in [6.07, 6.45) is 2.38. The molecule has 0 amide bonds. The molecule has 1 aliphatic carbocycles. The fraction of sp³-hybridized carbons (Fsp3) is 0.600. The lowest BCUT2D eigenvalue weighted by atomic mass is 9.76. The molecule has 104 valence electrons. The van der Waals surface area contributed by atoms with E-state index in [1.54, 1.807) is 6.07 Å². The summed E-state index contributed by atoms with van der Waals surface area (Å²) in [5.74, 6) is -0.810. The van der Waals surface area contributed by atoms with Crippen LogP contribution in [0.5, 0.6) is 0 Å². The molecule has 1 saturated heterocycles. The third-order valence-electron chi connectivity index (χ3n) is 4.35. The molecule has 1 heterocycles. The second kappa shape index (κ2) is 4.54. The Kier molecular flexibility index (Phi) is 3.12. The van der Waals surface area contributed by atoms with E-state index >= 15 is 0 Å². The van der Waals surface area contributed by atoms with Crippen molar-refractivity contribution in [3.63, 3.8) is 0 Å². The van der Waals surface area contributed by atoms with Gasteiger partial charge in [0.1, 0.15) is 5.82 Å². The van der Waals surface area contributed by atoms with Gasteiger partial charge in [-0.25, -0.2) is 4.39 Å². The normalized spacial score (nSPS) is 24.8. The molecule has 3 nitrogen and oxygen atoms in total. The lowest BCUT2D eigenvalue weighted by Gasteiger charge is -2.41. The molecule has 1 spiro atoms. The van der Waals surface area contributed by atoms with E-state index in [1.807, 2.05) is 6.92 Å². The van der Waals surface area contributed by atoms with Crippen molar-refractivity contribution in [2.75, 3.05) is 13.2 Å². The van der Waals surface area contributed by atoms with Crippen LogP contribution in [-0.4, -0.2) is 24.1 Å². The summed E-state index contributed by atoms with van der Waals surface area (Å²) in [5.41, 5.74) is 0.653. The van der Waals surface area contributed by atoms with E-state index < -0.39 is 11.4 Å². The molecule has 2 fully saturated rings. The topological polar surface area (TPSA) is 38.7 Å². The van der Waals surface area contributed by atoms with Crippen molar-refractivity contribution in [1.82, 2.24) is 0 Å². The molecule has 0 bridgehead atoms. The second-order valence-corrected chi connectivity index (χ2v) is 5.60. The van der Waals surface area contributed by atoms with Crippen LogP contribution in [0.1, 0.15) is 36.8 Å². The maximum absolute atomic E-state index is 13.4. The lowest BCUT2D eigenvalue weighted by molar-refractivity contribution is -0.204. The zero-order valence-corrected chi connectivity index (χ0v) is 11.1. The van der Waals surface area contributed by atoms with E-state index in [2.05, 4.69) is 0 Å². The minimum Gasteiger partial charge on any atom is -0.385 e. The van der Waals surface area contributed by atoms with Crippen molar-refractivity contribution in [1.29, 1.82) is 0 Å². The molecule has 3 rings (SSSR count). The third-order valence-corrected chi connectivity index (χ3v) is 4.35. The second-order valence-electron chi connectivity index (χ2n) is 5.60. The molecule has 1 aromatic rings. The maximum Gasteiger partial charge on any atom is 0.168 e. The Bertz CT molecular complexity index is 470. The number of benzene rings is 1. The molecule has 1 saturated carbocycles. The van der Waals surface area contributed by atoms with Crippen molar-refractivity contribution in [3.05, 3.63) is 35.1 Å². The first-order valence-corrected chi connectivity index (χ1v) is 6.80. The predicted octanol–water partition coefficient (Wildman–Crippen LogP) is 2.64. The van der Waals surface area contributed by atoms with Crippen LogP contribution in [0.2, 0.25) is 0 Å². The van der Waals surface area contributed by atoms with Gasteiger partial charge in [-0.05, 0) is 43.0 Å². The maximum atomic E-state index is 13.4. The molecular weight excluding hydrogens is 247 g/mol. The first-order chi connectivity index (χ1) is 9.03. The van der Waals surface area contributed by atoms with Gasteiger partial charge in [0.15, 0.2) is 5.79 Å². The fourth-order valence-electron chi connectivity index (χ4n) is 3.20. The van der Waals surface area contributed by atoms with E-state index in [0.29, 0.717) is 44.5 Å². The number of aliphatic hydroxyl groups is 1. The summed E-state index contributed by atoms with van der Waals surface area (Å²) in [6.45, 7) is 3.15. The number of aryl methyl sites for hydroxylation is 1. The molecule has 19 heavy (non-hydrogen) atoms. The predicted molar refractivity (Wildman–Crippen MR) is 68.1 cm³/mol. The van der Waals surface area contributed by atoms with Crippen molar-refractivity contribution >= 4 is 0 Å². The average molecular weight is 266 g/mol. The van der Waals surface area contributed by atoms with E-state index in [-0.39, 0.29) is 5.82 Å². The van der Waals surface area contributed by atoms with Gasteiger partial charge in [-0.15, -0.1) is 0 Å². The molecule has 1 N–H and O–H groups in total. The minimum absolute atomic E-state index is 0.303. The number of hydrogen-bond donors (Lipinski definition) is 1. The summed E-state index contributed by atoms with van der Waals surface area (Å²) in [6, 6.07) is 4.59. The quantitative estimate of drug-likeness (QED) is 0.849. The largest absolute Gasteiger partial charge is 0.385 e. The smallest absolute Gasteiger partial charge is 0.168 e. The van der Waals surface area contributed by atoms with E-state index in [4.69, 9.17) is 9.47 Å². The average Bonchev–Trinajstić information content (AvgIpc) is 2.85. The van der Waals surface area contributed by atoms with E-state index in [1.165, 1.54) is 12.1 Å². The van der Waals surface area contributed by atoms with Gasteiger partial charge in [0.2, 0.25) is 0 Å². The Labute approximate surface area is 112 Å². The monoisotopic (exact) mass is 266 g/mol. The molecular formula is C15H19FO3. The molecule has 1 aromatic carbocycles. The number of halogens is 1. The molecule has 0 unspecified atom stereocenters. The fourth-order valence-corrected chi connectivity index (χ4v) is 3.20. The van der Waals surface area contributed by atoms with Gasteiger partial charge in [-0.2, -0.15) is 0 Å². The molecule has 1 aliphatic heterocycles. The highest BCUT2D eigenvalue weighted by atomic mass is 19.1. The summed E-state index contributed by atoms with van der Waals surface area (Å²) >= 11 is 0. The van der Waals surface area contributed by atoms with Crippen LogP contribution in [0.4, 0.5) is 4.39 Å². The first kappa shape index (κ1) is 13.0. The highest BCUT2D eigenvalue weighted by molar-refractivity contribution is 5.32. The van der Waals surface area contributed by atoms with Crippen molar-refractivity contribution in [2.24, 2.45) is 0 Å². The Balaban J connectivity index is 1.83. The van der Waals surface area contributed by atoms with Crippen LogP contribution < -0.4 is 0 Å². The van der Waals surface area contributed by atoms with Crippen LogP contribution in [0.3, 0.4) is 0 Å². The van der Waals surface area contributed by atoms with Gasteiger partial charge in [-0.3, -0.25) is 0 Å². The summed E-state index contributed by atoms with van der Waals surface area (Å²) in [5, 5.41) is 10.8. The Hall–Kier alpha value is -0.970. The standard InChI is InChI=1S/C15H19FO3/c1-11-2-3-12(16)10-13(11)14(17)4-6-15(7-5-14)18-8-9-19-15/h2-3,10,17H,4-9H2,1H3. The summed E-state index contributed by atoms with van der Waals surface area (Å²) in [4.78, 5) is 0. The molecule has 0 aromatic heterocycles. The highest BCUT2D eigenvalue weighted by Gasteiger charge is 2.46. The van der Waals surface area contributed by atoms with Crippen LogP contribution >= 0.6 is 0 Å². The van der Waals surface area contributed by atoms with Crippen molar-refractivity contribution in [3.8, 4) is 0 Å². The number of hydrogen-bond acceptors (Lipinski definition) is 3. The van der Waals surface area contributed by atoms with Gasteiger partial charge in [0.25, 0.3) is 0 Å². The van der Waals surface area contributed by atoms with E-state index in [9.17, 15) is 9.50 Å². The third kappa shape index (κ3) is 2.29. The summed E-state index contributed by atoms with van der Waals surface area (Å²) < 4.78 is 24.7. The Morgan fingerprint density at radius 3 is 2.37 bits per heavy atom. The SMILES string of the molecule is Cc1ccc(F)cc1C1(O)CCC2(CC1)OCCO2. The van der Waals surface area contributed by atoms with Crippen molar-refractivity contribution < 1.29 is 19.0 Å². The van der Waals surface area contributed by atoms with Gasteiger partial charge in [0, 0.05) is 12.8 Å². The molecule has 2 aliphatic rings. The lowest BCUT2D eigenvalue weighted by Crippen LogP contribution is -2.42. The van der Waals surface area contributed by atoms with Crippen LogP contribution in [0, 0.1) is 12.7 Å². The van der Waals surface area contributed by atoms with Gasteiger partial charge in [0.05, 0.1) is 18.8 Å². The highest BCUT2D eigenvalue weighted by Crippen LogP contribution is 2.45. The zero-order chi connectivity index (χ0) is 13.5. The first-order valence-electron chi connectivity index (χ1n) is 6.80.